The maximum Gasteiger partial charge on any atom is 0.422 e. The molecule has 0 fully saturated rings. The minimum Gasteiger partial charge on any atom is -0.375 e. The Bertz CT molecular complexity index is 684. The monoisotopic (exact) mass is 331 g/mol. The van der Waals surface area contributed by atoms with Crippen molar-refractivity contribution in [1.29, 1.82) is 0 Å². The molecule has 2 nitrogen and oxygen atoms in total. The predicted molar refractivity (Wildman–Crippen MR) is 74.4 cm³/mol. The van der Waals surface area contributed by atoms with E-state index in [0.29, 0.717) is 6.07 Å². The normalized spacial score (nSPS) is 14.6. The lowest BCUT2D eigenvalue weighted by atomic mass is 9.92. The van der Waals surface area contributed by atoms with Gasteiger partial charge in [-0.25, -0.2) is 8.78 Å². The van der Waals surface area contributed by atoms with E-state index in [1.807, 2.05) is 0 Å². The van der Waals surface area contributed by atoms with E-state index in [1.165, 1.54) is 19.1 Å². The number of hydrogen-bond donors (Lipinski definition) is 1. The molecule has 1 aromatic heterocycles. The maximum absolute atomic E-state index is 13.7. The third kappa shape index (κ3) is 3.34. The van der Waals surface area contributed by atoms with E-state index in [0.717, 1.165) is 18.3 Å². The van der Waals surface area contributed by atoms with Gasteiger partial charge >= 0.3 is 6.18 Å². The molecule has 7 heteroatoms. The molecule has 2 rings (SSSR count). The third-order valence-corrected chi connectivity index (χ3v) is 3.51. The van der Waals surface area contributed by atoms with Crippen LogP contribution in [0.1, 0.15) is 25.5 Å². The van der Waals surface area contributed by atoms with E-state index in [-0.39, 0.29) is 17.5 Å². The summed E-state index contributed by atoms with van der Waals surface area (Å²) in [6.45, 7) is 1.51. The van der Waals surface area contributed by atoms with Crippen molar-refractivity contribution in [3.63, 3.8) is 0 Å². The van der Waals surface area contributed by atoms with Crippen molar-refractivity contribution in [3.8, 4) is 11.1 Å². The largest absolute Gasteiger partial charge is 0.422 e. The number of aliphatic hydroxyl groups is 1. The van der Waals surface area contributed by atoms with Gasteiger partial charge in [-0.2, -0.15) is 13.2 Å². The van der Waals surface area contributed by atoms with Gasteiger partial charge in [0.05, 0.1) is 5.69 Å². The summed E-state index contributed by atoms with van der Waals surface area (Å²) < 4.78 is 65.9. The van der Waals surface area contributed by atoms with Crippen molar-refractivity contribution in [3.05, 3.63) is 53.9 Å². The number of rotatable bonds is 4. The zero-order chi connectivity index (χ0) is 17.3. The molecule has 1 unspecified atom stereocenters. The summed E-state index contributed by atoms with van der Waals surface area (Å²) in [5.41, 5.74) is -3.41. The summed E-state index contributed by atoms with van der Waals surface area (Å²) in [4.78, 5) is 3.65. The number of nitrogens with zero attached hydrogens (tertiary/aromatic N) is 1. The number of hydrogen-bond acceptors (Lipinski definition) is 2. The molecule has 0 saturated carbocycles. The number of halogens is 5. The van der Waals surface area contributed by atoms with E-state index in [9.17, 15) is 27.1 Å². The van der Waals surface area contributed by atoms with E-state index < -0.39 is 35.5 Å². The van der Waals surface area contributed by atoms with E-state index in [1.54, 1.807) is 0 Å². The zero-order valence-electron chi connectivity index (χ0n) is 12.2. The molecule has 23 heavy (non-hydrogen) atoms. The molecule has 0 bridgehead atoms. The molecule has 1 aromatic carbocycles. The number of benzene rings is 1. The molecule has 1 N–H and O–H groups in total. The third-order valence-electron chi connectivity index (χ3n) is 3.51. The summed E-state index contributed by atoms with van der Waals surface area (Å²) in [6, 6.07) is 5.09. The molecule has 0 aliphatic heterocycles. The Morgan fingerprint density at radius 1 is 1.09 bits per heavy atom. The smallest absolute Gasteiger partial charge is 0.375 e. The van der Waals surface area contributed by atoms with Crippen molar-refractivity contribution in [2.24, 2.45) is 0 Å². The quantitative estimate of drug-likeness (QED) is 0.832. The number of pyridine rings is 1. The van der Waals surface area contributed by atoms with Crippen molar-refractivity contribution < 1.29 is 27.1 Å². The first-order valence-corrected chi connectivity index (χ1v) is 6.90. The second-order valence-electron chi connectivity index (χ2n) is 5.16. The molecule has 0 radical (unpaired) electrons. The highest BCUT2D eigenvalue weighted by Crippen LogP contribution is 2.41. The van der Waals surface area contributed by atoms with Gasteiger partial charge in [0.1, 0.15) is 11.6 Å². The van der Waals surface area contributed by atoms with Gasteiger partial charge in [0.25, 0.3) is 0 Å². The van der Waals surface area contributed by atoms with Gasteiger partial charge in [-0.05, 0) is 24.6 Å². The summed E-state index contributed by atoms with van der Waals surface area (Å²) >= 11 is 0. The second kappa shape index (κ2) is 6.23. The molecule has 0 aliphatic rings. The van der Waals surface area contributed by atoms with Gasteiger partial charge in [0, 0.05) is 23.4 Å². The van der Waals surface area contributed by atoms with Crippen molar-refractivity contribution in [1.82, 2.24) is 4.98 Å². The van der Waals surface area contributed by atoms with Gasteiger partial charge in [-0.3, -0.25) is 4.98 Å². The van der Waals surface area contributed by atoms with Crippen LogP contribution in [0.3, 0.4) is 0 Å². The molecular formula is C16H14F5NO. The lowest BCUT2D eigenvalue weighted by Gasteiger charge is -2.29. The maximum atomic E-state index is 13.7. The van der Waals surface area contributed by atoms with Crippen LogP contribution in [0.5, 0.6) is 0 Å². The number of aromatic nitrogens is 1. The Balaban J connectivity index is 2.42. The molecule has 0 amide bonds. The van der Waals surface area contributed by atoms with Crippen LogP contribution >= 0.6 is 0 Å². The van der Waals surface area contributed by atoms with Crippen molar-refractivity contribution in [2.75, 3.05) is 0 Å². The minimum absolute atomic E-state index is 0.0106. The van der Waals surface area contributed by atoms with E-state index in [4.69, 9.17) is 0 Å². The molecule has 2 aromatic rings. The minimum atomic E-state index is -4.88. The van der Waals surface area contributed by atoms with Crippen LogP contribution in [-0.2, 0) is 5.60 Å². The average molecular weight is 331 g/mol. The van der Waals surface area contributed by atoms with Crippen LogP contribution < -0.4 is 0 Å². The standard InChI is InChI=1S/C16H14F5NO/c1-2-7-15(23,16(19,20)21)14-6-3-10(9-22-14)12-5-4-11(17)8-13(12)18/h3-6,8-9,23H,2,7H2,1H3. The highest BCUT2D eigenvalue weighted by molar-refractivity contribution is 5.63. The Kier molecular flexibility index (Phi) is 4.70. The summed E-state index contributed by atoms with van der Waals surface area (Å²) in [7, 11) is 0. The van der Waals surface area contributed by atoms with Crippen LogP contribution in [0.25, 0.3) is 11.1 Å². The lowest BCUT2D eigenvalue weighted by molar-refractivity contribution is -0.270. The Morgan fingerprint density at radius 3 is 2.26 bits per heavy atom. The Labute approximate surface area is 129 Å². The van der Waals surface area contributed by atoms with Gasteiger partial charge in [-0.1, -0.05) is 19.4 Å². The first-order valence-electron chi connectivity index (χ1n) is 6.90. The molecule has 124 valence electrons. The highest BCUT2D eigenvalue weighted by Gasteiger charge is 2.55. The van der Waals surface area contributed by atoms with Gasteiger partial charge in [0.15, 0.2) is 0 Å². The molecule has 0 spiro atoms. The molecule has 0 saturated heterocycles. The fourth-order valence-electron chi connectivity index (χ4n) is 2.30. The van der Waals surface area contributed by atoms with Gasteiger partial charge in [0.2, 0.25) is 5.60 Å². The molecule has 1 heterocycles. The number of alkyl halides is 3. The SMILES string of the molecule is CCCC(O)(c1ccc(-c2ccc(F)cc2F)cn1)C(F)(F)F. The Morgan fingerprint density at radius 2 is 1.78 bits per heavy atom. The fourth-order valence-corrected chi connectivity index (χ4v) is 2.30. The van der Waals surface area contributed by atoms with Crippen LogP contribution in [-0.4, -0.2) is 16.3 Å². The molecule has 0 aliphatic carbocycles. The second-order valence-corrected chi connectivity index (χ2v) is 5.16. The highest BCUT2D eigenvalue weighted by atomic mass is 19.4. The van der Waals surface area contributed by atoms with Crippen LogP contribution in [0, 0.1) is 11.6 Å². The topological polar surface area (TPSA) is 33.1 Å². The summed E-state index contributed by atoms with van der Waals surface area (Å²) in [6.07, 6.45) is -4.28. The van der Waals surface area contributed by atoms with Crippen molar-refractivity contribution in [2.45, 2.75) is 31.5 Å². The molecular weight excluding hydrogens is 317 g/mol. The van der Waals surface area contributed by atoms with E-state index in [2.05, 4.69) is 4.98 Å². The zero-order valence-corrected chi connectivity index (χ0v) is 12.2. The van der Waals surface area contributed by atoms with Gasteiger partial charge in [-0.15, -0.1) is 0 Å². The molecule has 1 atom stereocenters. The first kappa shape index (κ1) is 17.3. The van der Waals surface area contributed by atoms with Crippen LogP contribution in [0.2, 0.25) is 0 Å². The fraction of sp³-hybridized carbons (Fsp3) is 0.312. The Hall–Kier alpha value is -2.02. The van der Waals surface area contributed by atoms with Gasteiger partial charge < -0.3 is 5.11 Å². The van der Waals surface area contributed by atoms with Crippen LogP contribution in [0.4, 0.5) is 22.0 Å². The average Bonchev–Trinajstić information content (AvgIpc) is 2.46. The first-order chi connectivity index (χ1) is 10.7. The van der Waals surface area contributed by atoms with E-state index >= 15 is 0 Å². The van der Waals surface area contributed by atoms with Crippen molar-refractivity contribution >= 4 is 0 Å². The predicted octanol–water partition coefficient (Wildman–Crippen LogP) is 4.58. The lowest BCUT2D eigenvalue weighted by Crippen LogP contribution is -2.42. The summed E-state index contributed by atoms with van der Waals surface area (Å²) in [5, 5.41) is 9.96. The van der Waals surface area contributed by atoms with Crippen LogP contribution in [0.15, 0.2) is 36.5 Å². The summed E-state index contributed by atoms with van der Waals surface area (Å²) in [5.74, 6) is -1.61.